The first kappa shape index (κ1) is 22.5. The van der Waals surface area contributed by atoms with Crippen LogP contribution in [0, 0.1) is 18.8 Å². The molecule has 2 unspecified atom stereocenters. The Kier molecular flexibility index (Phi) is 5.25. The van der Waals surface area contributed by atoms with Crippen molar-refractivity contribution in [3.8, 4) is 6.01 Å². The highest BCUT2D eigenvalue weighted by molar-refractivity contribution is 5.92. The SMILES string of the molecule is Cc1cccc(C(=O)NC23CC4CC(CC(NC(=O)Oc5nccc(C(F)(F)F)n5)(C4)C2)C3)n1. The molecule has 6 rings (SSSR count). The Labute approximate surface area is 193 Å². The van der Waals surface area contributed by atoms with E-state index in [2.05, 4.69) is 25.6 Å². The van der Waals surface area contributed by atoms with Crippen LogP contribution in [0.5, 0.6) is 6.01 Å². The van der Waals surface area contributed by atoms with Crippen LogP contribution in [-0.4, -0.2) is 38.0 Å². The molecule has 0 aromatic carbocycles. The molecule has 4 aliphatic rings. The Morgan fingerprint density at radius 3 is 2.35 bits per heavy atom. The molecule has 2 atom stereocenters. The number of halogens is 3. The molecular weight excluding hydrogens is 451 g/mol. The fourth-order valence-electron chi connectivity index (χ4n) is 6.40. The van der Waals surface area contributed by atoms with E-state index in [0.29, 0.717) is 30.0 Å². The average Bonchev–Trinajstić information content (AvgIpc) is 2.71. The molecule has 2 N–H and O–H groups in total. The standard InChI is InChI=1S/C23H24F3N5O3/c1-13-3-2-4-16(28-13)18(32)30-21-8-14-7-15(9-21)11-22(10-14,12-21)31-20(33)34-19-27-6-5-17(29-19)23(24,25)26/h2-6,14-15H,7-12H2,1H3,(H,30,32)(H,31,33). The van der Waals surface area contributed by atoms with Crippen molar-refractivity contribution in [1.29, 1.82) is 0 Å². The molecule has 4 aliphatic carbocycles. The summed E-state index contributed by atoms with van der Waals surface area (Å²) in [6, 6.07) is 5.32. The van der Waals surface area contributed by atoms with Gasteiger partial charge in [-0.2, -0.15) is 18.2 Å². The Balaban J connectivity index is 1.31. The van der Waals surface area contributed by atoms with Gasteiger partial charge in [0.05, 0.1) is 0 Å². The van der Waals surface area contributed by atoms with Gasteiger partial charge in [0.15, 0.2) is 5.69 Å². The molecule has 4 fully saturated rings. The summed E-state index contributed by atoms with van der Waals surface area (Å²) in [5.74, 6) is 0.384. The van der Waals surface area contributed by atoms with Crippen molar-refractivity contribution in [1.82, 2.24) is 25.6 Å². The summed E-state index contributed by atoms with van der Waals surface area (Å²) in [5, 5.41) is 6.09. The van der Waals surface area contributed by atoms with Crippen molar-refractivity contribution in [2.24, 2.45) is 11.8 Å². The topological polar surface area (TPSA) is 106 Å². The van der Waals surface area contributed by atoms with Crippen LogP contribution >= 0.6 is 0 Å². The summed E-state index contributed by atoms with van der Waals surface area (Å²) in [6.07, 6.45) is -0.0555. The van der Waals surface area contributed by atoms with Crippen LogP contribution in [0.1, 0.15) is 60.4 Å². The van der Waals surface area contributed by atoms with Gasteiger partial charge in [0.2, 0.25) is 0 Å². The number of ether oxygens (including phenoxy) is 1. The molecule has 180 valence electrons. The lowest BCUT2D eigenvalue weighted by molar-refractivity contribution is -0.141. The highest BCUT2D eigenvalue weighted by Gasteiger charge is 2.59. The summed E-state index contributed by atoms with van der Waals surface area (Å²) in [7, 11) is 0. The van der Waals surface area contributed by atoms with Gasteiger partial charge >= 0.3 is 18.3 Å². The minimum atomic E-state index is -4.67. The molecule has 2 heterocycles. The van der Waals surface area contributed by atoms with Gasteiger partial charge in [-0.3, -0.25) is 4.79 Å². The zero-order chi connectivity index (χ0) is 24.1. The lowest BCUT2D eigenvalue weighted by Gasteiger charge is -2.61. The molecule has 2 aromatic heterocycles. The number of hydrogen-bond donors (Lipinski definition) is 2. The number of aromatic nitrogens is 3. The molecular formula is C23H24F3N5O3. The maximum Gasteiger partial charge on any atom is 0.433 e. The molecule has 2 amide bonds. The van der Waals surface area contributed by atoms with E-state index in [1.165, 1.54) is 0 Å². The number of alkyl halides is 3. The monoisotopic (exact) mass is 475 g/mol. The molecule has 8 nitrogen and oxygen atoms in total. The molecule has 11 heteroatoms. The number of carbonyl (C=O) groups is 2. The molecule has 0 radical (unpaired) electrons. The molecule has 0 spiro atoms. The lowest BCUT2D eigenvalue weighted by atomic mass is 9.50. The predicted molar refractivity (Wildman–Crippen MR) is 113 cm³/mol. The van der Waals surface area contributed by atoms with Crippen molar-refractivity contribution in [2.75, 3.05) is 0 Å². The number of hydrogen-bond acceptors (Lipinski definition) is 6. The summed E-state index contributed by atoms with van der Waals surface area (Å²) in [4.78, 5) is 36.8. The van der Waals surface area contributed by atoms with Gasteiger partial charge < -0.3 is 15.4 Å². The number of aryl methyl sites for hydroxylation is 1. The number of nitrogens with one attached hydrogen (secondary N) is 2. The highest BCUT2D eigenvalue weighted by atomic mass is 19.4. The molecule has 0 aliphatic heterocycles. The van der Waals surface area contributed by atoms with E-state index in [1.54, 1.807) is 12.1 Å². The Morgan fingerprint density at radius 1 is 1.03 bits per heavy atom. The van der Waals surface area contributed by atoms with Crippen LogP contribution in [0.4, 0.5) is 18.0 Å². The van der Waals surface area contributed by atoms with E-state index in [4.69, 9.17) is 4.74 Å². The van der Waals surface area contributed by atoms with Gasteiger partial charge in [-0.15, -0.1) is 0 Å². The van der Waals surface area contributed by atoms with Gasteiger partial charge in [0.25, 0.3) is 5.91 Å². The van der Waals surface area contributed by atoms with E-state index in [0.717, 1.165) is 44.0 Å². The van der Waals surface area contributed by atoms with E-state index >= 15 is 0 Å². The minimum absolute atomic E-state index is 0.249. The number of nitrogens with zero attached hydrogens (tertiary/aromatic N) is 3. The minimum Gasteiger partial charge on any atom is -0.374 e. The number of rotatable bonds is 4. The average molecular weight is 475 g/mol. The fraction of sp³-hybridized carbons (Fsp3) is 0.522. The predicted octanol–water partition coefficient (Wildman–Crippen LogP) is 3.81. The Morgan fingerprint density at radius 2 is 1.71 bits per heavy atom. The third-order valence-corrected chi connectivity index (χ3v) is 7.04. The van der Waals surface area contributed by atoms with E-state index < -0.39 is 35.1 Å². The van der Waals surface area contributed by atoms with Gasteiger partial charge in [-0.1, -0.05) is 6.07 Å². The van der Waals surface area contributed by atoms with Crippen LogP contribution in [-0.2, 0) is 6.18 Å². The van der Waals surface area contributed by atoms with Crippen molar-refractivity contribution in [3.05, 3.63) is 47.5 Å². The van der Waals surface area contributed by atoms with E-state index in [-0.39, 0.29) is 5.91 Å². The van der Waals surface area contributed by atoms with Crippen LogP contribution in [0.25, 0.3) is 0 Å². The molecule has 4 bridgehead atoms. The zero-order valence-corrected chi connectivity index (χ0v) is 18.5. The van der Waals surface area contributed by atoms with Crippen molar-refractivity contribution in [3.63, 3.8) is 0 Å². The maximum atomic E-state index is 13.0. The second-order valence-corrected chi connectivity index (χ2v) is 9.88. The quantitative estimate of drug-likeness (QED) is 0.697. The van der Waals surface area contributed by atoms with Crippen LogP contribution in [0.3, 0.4) is 0 Å². The second-order valence-electron chi connectivity index (χ2n) is 9.88. The lowest BCUT2D eigenvalue weighted by Crippen LogP contribution is -2.70. The Hall–Kier alpha value is -3.24. The molecule has 4 saturated carbocycles. The van der Waals surface area contributed by atoms with E-state index in [9.17, 15) is 22.8 Å². The van der Waals surface area contributed by atoms with Crippen molar-refractivity contribution < 1.29 is 27.5 Å². The van der Waals surface area contributed by atoms with E-state index in [1.807, 2.05) is 13.0 Å². The maximum absolute atomic E-state index is 13.0. The first-order valence-electron chi connectivity index (χ1n) is 11.2. The fourth-order valence-corrected chi connectivity index (χ4v) is 6.40. The zero-order valence-electron chi connectivity index (χ0n) is 18.5. The van der Waals surface area contributed by atoms with Gasteiger partial charge in [0.1, 0.15) is 5.69 Å². The summed E-state index contributed by atoms with van der Waals surface area (Å²) in [5.41, 5.74) is -1.19. The third kappa shape index (κ3) is 4.43. The highest BCUT2D eigenvalue weighted by Crippen LogP contribution is 2.57. The third-order valence-electron chi connectivity index (χ3n) is 7.04. The van der Waals surface area contributed by atoms with Crippen LogP contribution < -0.4 is 15.4 Å². The second kappa shape index (κ2) is 7.92. The smallest absolute Gasteiger partial charge is 0.374 e. The van der Waals surface area contributed by atoms with Crippen LogP contribution in [0.15, 0.2) is 30.5 Å². The number of pyridine rings is 1. The largest absolute Gasteiger partial charge is 0.433 e. The van der Waals surface area contributed by atoms with Gasteiger partial charge in [-0.05, 0) is 75.5 Å². The first-order valence-corrected chi connectivity index (χ1v) is 11.2. The van der Waals surface area contributed by atoms with Crippen molar-refractivity contribution >= 4 is 12.0 Å². The van der Waals surface area contributed by atoms with Gasteiger partial charge in [-0.25, -0.2) is 14.8 Å². The summed E-state index contributed by atoms with van der Waals surface area (Å²) < 4.78 is 43.7. The number of carbonyl (C=O) groups excluding carboxylic acids is 2. The van der Waals surface area contributed by atoms with Crippen molar-refractivity contribution in [2.45, 2.75) is 62.7 Å². The van der Waals surface area contributed by atoms with Crippen LogP contribution in [0.2, 0.25) is 0 Å². The summed E-state index contributed by atoms with van der Waals surface area (Å²) in [6.45, 7) is 1.82. The molecule has 2 aromatic rings. The molecule has 34 heavy (non-hydrogen) atoms. The number of amides is 2. The summed E-state index contributed by atoms with van der Waals surface area (Å²) >= 11 is 0. The Bertz CT molecular complexity index is 1120. The first-order chi connectivity index (χ1) is 16.0. The molecule has 0 saturated heterocycles. The van der Waals surface area contributed by atoms with Gasteiger partial charge in [0, 0.05) is 23.0 Å². The normalized spacial score (nSPS) is 29.5.